The molecule has 5 nitrogen and oxygen atoms in total. The Kier molecular flexibility index (Phi) is 5.56. The van der Waals surface area contributed by atoms with Crippen LogP contribution in [0.2, 0.25) is 0 Å². The molecular weight excluding hydrogens is 328 g/mol. The highest BCUT2D eigenvalue weighted by Crippen LogP contribution is 2.20. The summed E-state index contributed by atoms with van der Waals surface area (Å²) in [5.41, 5.74) is 2.62. The molecule has 5 heteroatoms. The van der Waals surface area contributed by atoms with Crippen LogP contribution in [0.1, 0.15) is 21.5 Å². The fourth-order valence-corrected chi connectivity index (χ4v) is 3.24. The van der Waals surface area contributed by atoms with Crippen LogP contribution in [-0.4, -0.2) is 54.9 Å². The molecule has 0 aliphatic carbocycles. The van der Waals surface area contributed by atoms with Gasteiger partial charge in [0.1, 0.15) is 5.75 Å². The molecule has 1 fully saturated rings. The zero-order valence-electron chi connectivity index (χ0n) is 15.3. The molecular formula is C21H24N2O3. The van der Waals surface area contributed by atoms with E-state index in [1.54, 1.807) is 13.2 Å². The fraction of sp³-hybridized carbons (Fsp3) is 0.333. The van der Waals surface area contributed by atoms with Crippen molar-refractivity contribution in [2.75, 3.05) is 33.3 Å². The van der Waals surface area contributed by atoms with E-state index in [1.807, 2.05) is 59.2 Å². The van der Waals surface area contributed by atoms with E-state index in [1.165, 1.54) is 0 Å². The Hall–Kier alpha value is -2.82. The monoisotopic (exact) mass is 352 g/mol. The van der Waals surface area contributed by atoms with Gasteiger partial charge in [0.05, 0.1) is 13.5 Å². The number of carbonyl (C=O) groups is 2. The lowest BCUT2D eigenvalue weighted by Crippen LogP contribution is -2.51. The SMILES string of the molecule is COc1ccc(C(=O)N2CCN(C(=O)Cc3ccccc3)CC2)cc1C. The van der Waals surface area contributed by atoms with E-state index in [4.69, 9.17) is 4.74 Å². The van der Waals surface area contributed by atoms with Gasteiger partial charge in [-0.25, -0.2) is 0 Å². The summed E-state index contributed by atoms with van der Waals surface area (Å²) in [6.07, 6.45) is 0.409. The highest BCUT2D eigenvalue weighted by molar-refractivity contribution is 5.94. The first kappa shape index (κ1) is 18.0. The standard InChI is InChI=1S/C21H24N2O3/c1-16-14-18(8-9-19(16)26-2)21(25)23-12-10-22(11-13-23)20(24)15-17-6-4-3-5-7-17/h3-9,14H,10-13,15H2,1-2H3. The molecule has 2 amide bonds. The van der Waals surface area contributed by atoms with Gasteiger partial charge < -0.3 is 14.5 Å². The first-order valence-electron chi connectivity index (χ1n) is 8.84. The molecule has 0 aromatic heterocycles. The maximum atomic E-state index is 12.7. The maximum Gasteiger partial charge on any atom is 0.253 e. The zero-order valence-corrected chi connectivity index (χ0v) is 15.3. The van der Waals surface area contributed by atoms with Crippen molar-refractivity contribution in [2.24, 2.45) is 0 Å². The second-order valence-electron chi connectivity index (χ2n) is 6.52. The summed E-state index contributed by atoms with van der Waals surface area (Å²) in [4.78, 5) is 28.8. The van der Waals surface area contributed by atoms with Crippen molar-refractivity contribution in [1.82, 2.24) is 9.80 Å². The molecule has 1 heterocycles. The summed E-state index contributed by atoms with van der Waals surface area (Å²) in [5, 5.41) is 0. The van der Waals surface area contributed by atoms with Crippen LogP contribution in [0.4, 0.5) is 0 Å². The van der Waals surface area contributed by atoms with Crippen LogP contribution in [0.3, 0.4) is 0 Å². The highest BCUT2D eigenvalue weighted by atomic mass is 16.5. The second-order valence-corrected chi connectivity index (χ2v) is 6.52. The Morgan fingerprint density at radius 3 is 2.23 bits per heavy atom. The summed E-state index contributed by atoms with van der Waals surface area (Å²) in [6.45, 7) is 4.20. The van der Waals surface area contributed by atoms with E-state index >= 15 is 0 Å². The van der Waals surface area contributed by atoms with E-state index in [2.05, 4.69) is 0 Å². The van der Waals surface area contributed by atoms with E-state index in [9.17, 15) is 9.59 Å². The van der Waals surface area contributed by atoms with E-state index in [0.29, 0.717) is 38.2 Å². The van der Waals surface area contributed by atoms with Crippen LogP contribution in [0.5, 0.6) is 5.75 Å². The number of piperazine rings is 1. The number of amides is 2. The number of benzene rings is 2. The molecule has 0 bridgehead atoms. The van der Waals surface area contributed by atoms with Crippen molar-refractivity contribution in [3.8, 4) is 5.75 Å². The molecule has 0 atom stereocenters. The summed E-state index contributed by atoms with van der Waals surface area (Å²) in [6, 6.07) is 15.2. The first-order chi connectivity index (χ1) is 12.6. The van der Waals surface area contributed by atoms with Crippen molar-refractivity contribution in [3.05, 3.63) is 65.2 Å². The molecule has 136 valence electrons. The minimum Gasteiger partial charge on any atom is -0.496 e. The Bertz CT molecular complexity index is 781. The minimum atomic E-state index is 0.00547. The summed E-state index contributed by atoms with van der Waals surface area (Å²) < 4.78 is 5.25. The van der Waals surface area contributed by atoms with Gasteiger partial charge in [-0.15, -0.1) is 0 Å². The van der Waals surface area contributed by atoms with Gasteiger partial charge in [-0.05, 0) is 36.2 Å². The van der Waals surface area contributed by atoms with E-state index in [0.717, 1.165) is 16.9 Å². The highest BCUT2D eigenvalue weighted by Gasteiger charge is 2.25. The molecule has 0 N–H and O–H groups in total. The van der Waals surface area contributed by atoms with Crippen molar-refractivity contribution in [2.45, 2.75) is 13.3 Å². The van der Waals surface area contributed by atoms with Gasteiger partial charge in [0.25, 0.3) is 5.91 Å². The molecule has 0 spiro atoms. The topological polar surface area (TPSA) is 49.9 Å². The Morgan fingerprint density at radius 1 is 0.962 bits per heavy atom. The van der Waals surface area contributed by atoms with Crippen LogP contribution >= 0.6 is 0 Å². The Morgan fingerprint density at radius 2 is 1.62 bits per heavy atom. The van der Waals surface area contributed by atoms with Crippen molar-refractivity contribution in [1.29, 1.82) is 0 Å². The van der Waals surface area contributed by atoms with E-state index < -0.39 is 0 Å². The molecule has 26 heavy (non-hydrogen) atoms. The van der Waals surface area contributed by atoms with Gasteiger partial charge in [-0.3, -0.25) is 9.59 Å². The lowest BCUT2D eigenvalue weighted by molar-refractivity contribution is -0.131. The normalized spacial score (nSPS) is 14.2. The third kappa shape index (κ3) is 4.04. The molecule has 3 rings (SSSR count). The smallest absolute Gasteiger partial charge is 0.253 e. The lowest BCUT2D eigenvalue weighted by atomic mass is 10.1. The molecule has 1 aliphatic heterocycles. The van der Waals surface area contributed by atoms with Crippen LogP contribution in [0, 0.1) is 6.92 Å². The van der Waals surface area contributed by atoms with Crippen LogP contribution < -0.4 is 4.74 Å². The predicted molar refractivity (Wildman–Crippen MR) is 100 cm³/mol. The zero-order chi connectivity index (χ0) is 18.5. The number of aryl methyl sites for hydroxylation is 1. The van der Waals surface area contributed by atoms with Gasteiger partial charge in [0, 0.05) is 31.7 Å². The van der Waals surface area contributed by atoms with E-state index in [-0.39, 0.29) is 11.8 Å². The average molecular weight is 352 g/mol. The van der Waals surface area contributed by atoms with Gasteiger partial charge in [-0.1, -0.05) is 30.3 Å². The van der Waals surface area contributed by atoms with Crippen LogP contribution in [0.15, 0.2) is 48.5 Å². The van der Waals surface area contributed by atoms with Gasteiger partial charge in [0.2, 0.25) is 5.91 Å². The quantitative estimate of drug-likeness (QED) is 0.850. The van der Waals surface area contributed by atoms with Crippen LogP contribution in [-0.2, 0) is 11.2 Å². The second kappa shape index (κ2) is 8.04. The third-order valence-electron chi connectivity index (χ3n) is 4.76. The summed E-state index contributed by atoms with van der Waals surface area (Å²) >= 11 is 0. The Balaban J connectivity index is 1.57. The first-order valence-corrected chi connectivity index (χ1v) is 8.84. The third-order valence-corrected chi connectivity index (χ3v) is 4.76. The molecule has 1 aliphatic rings. The molecule has 2 aromatic rings. The van der Waals surface area contributed by atoms with Crippen molar-refractivity contribution in [3.63, 3.8) is 0 Å². The van der Waals surface area contributed by atoms with Crippen molar-refractivity contribution >= 4 is 11.8 Å². The van der Waals surface area contributed by atoms with Gasteiger partial charge in [0.15, 0.2) is 0 Å². The van der Waals surface area contributed by atoms with Crippen molar-refractivity contribution < 1.29 is 14.3 Å². The van der Waals surface area contributed by atoms with Gasteiger partial charge >= 0.3 is 0 Å². The lowest BCUT2D eigenvalue weighted by Gasteiger charge is -2.35. The molecule has 1 saturated heterocycles. The molecule has 0 radical (unpaired) electrons. The number of carbonyl (C=O) groups excluding carboxylic acids is 2. The number of methoxy groups -OCH3 is 1. The average Bonchev–Trinajstić information content (AvgIpc) is 2.68. The summed E-state index contributed by atoms with van der Waals surface area (Å²) in [7, 11) is 1.62. The van der Waals surface area contributed by atoms with Gasteiger partial charge in [-0.2, -0.15) is 0 Å². The minimum absolute atomic E-state index is 0.00547. The van der Waals surface area contributed by atoms with Crippen LogP contribution in [0.25, 0.3) is 0 Å². The fourth-order valence-electron chi connectivity index (χ4n) is 3.24. The Labute approximate surface area is 154 Å². The largest absolute Gasteiger partial charge is 0.496 e. The summed E-state index contributed by atoms with van der Waals surface area (Å²) in [5.74, 6) is 0.896. The maximum absolute atomic E-state index is 12.7. The molecule has 0 unspecified atom stereocenters. The number of rotatable bonds is 4. The number of ether oxygens (including phenoxy) is 1. The number of nitrogens with zero attached hydrogens (tertiary/aromatic N) is 2. The molecule has 2 aromatic carbocycles. The number of hydrogen-bond donors (Lipinski definition) is 0. The number of hydrogen-bond acceptors (Lipinski definition) is 3. The predicted octanol–water partition coefficient (Wildman–Crippen LogP) is 2.53. The molecule has 0 saturated carbocycles.